The molecule has 0 aliphatic carbocycles. The van der Waals surface area contributed by atoms with Crippen LogP contribution in [0.3, 0.4) is 0 Å². The summed E-state index contributed by atoms with van der Waals surface area (Å²) in [5, 5.41) is 0.937. The first-order chi connectivity index (χ1) is 12.0. The molecule has 1 aromatic carbocycles. The fraction of sp³-hybridized carbons (Fsp3) is 0.353. The van der Waals surface area contributed by atoms with Crippen LogP contribution in [0.4, 0.5) is 4.79 Å². The number of hydrogen-bond donors (Lipinski definition) is 1. The summed E-state index contributed by atoms with van der Waals surface area (Å²) in [6.07, 6.45) is -0.598. The molecule has 2 fully saturated rings. The summed E-state index contributed by atoms with van der Waals surface area (Å²) >= 11 is 0. The molecule has 3 heterocycles. The lowest BCUT2D eigenvalue weighted by Gasteiger charge is -2.39. The molecule has 8 heteroatoms. The van der Waals surface area contributed by atoms with Gasteiger partial charge in [0.1, 0.15) is 11.4 Å². The number of methoxy groups -OCH3 is 1. The van der Waals surface area contributed by atoms with Crippen LogP contribution in [0.5, 0.6) is 5.75 Å². The second kappa shape index (κ2) is 5.80. The molecule has 2 saturated heterocycles. The Kier molecular flexibility index (Phi) is 3.60. The number of carbonyl (C=O) groups excluding carboxylic acids is 3. The maximum absolute atomic E-state index is 12.6. The van der Waals surface area contributed by atoms with Crippen LogP contribution in [0, 0.1) is 5.92 Å². The summed E-state index contributed by atoms with van der Waals surface area (Å²) in [4.78, 5) is 41.4. The van der Waals surface area contributed by atoms with Crippen molar-refractivity contribution in [3.63, 3.8) is 0 Å². The number of cyclic esters (lactones) is 1. The molecule has 3 amide bonds. The van der Waals surface area contributed by atoms with Gasteiger partial charge in [-0.1, -0.05) is 0 Å². The summed E-state index contributed by atoms with van der Waals surface area (Å²) in [5.74, 6) is 0.392. The standard InChI is InChI=1S/C17H17N3O5/c1-24-12-3-2-11-4-14(18-13(11)5-12)16(22)19-6-10(7-19)8-20-15(21)9-25-17(20)23/h2-5,10,18H,6-9H2,1H3. The van der Waals surface area contributed by atoms with E-state index in [2.05, 4.69) is 9.72 Å². The maximum Gasteiger partial charge on any atom is 0.417 e. The van der Waals surface area contributed by atoms with Gasteiger partial charge in [0.25, 0.3) is 11.8 Å². The maximum atomic E-state index is 12.6. The van der Waals surface area contributed by atoms with Gasteiger partial charge in [0.05, 0.1) is 7.11 Å². The fourth-order valence-corrected chi connectivity index (χ4v) is 3.19. The van der Waals surface area contributed by atoms with Crippen molar-refractivity contribution in [1.82, 2.24) is 14.8 Å². The van der Waals surface area contributed by atoms with Crippen molar-refractivity contribution >= 4 is 28.8 Å². The minimum Gasteiger partial charge on any atom is -0.497 e. The summed E-state index contributed by atoms with van der Waals surface area (Å²) in [6.45, 7) is 1.13. The molecule has 0 saturated carbocycles. The number of rotatable bonds is 4. The second-order valence-corrected chi connectivity index (χ2v) is 6.27. The van der Waals surface area contributed by atoms with Crippen molar-refractivity contribution in [2.75, 3.05) is 33.4 Å². The van der Waals surface area contributed by atoms with Crippen LogP contribution in [0.2, 0.25) is 0 Å². The van der Waals surface area contributed by atoms with Crippen LogP contribution in [-0.2, 0) is 9.53 Å². The Morgan fingerprint density at radius 3 is 2.80 bits per heavy atom. The molecule has 0 atom stereocenters. The SMILES string of the molecule is COc1ccc2cc(C(=O)N3CC(CN4C(=O)COC4=O)C3)[nH]c2c1. The monoisotopic (exact) mass is 343 g/mol. The number of aromatic nitrogens is 1. The Labute approximate surface area is 143 Å². The second-order valence-electron chi connectivity index (χ2n) is 6.27. The minimum absolute atomic E-state index is 0.0861. The summed E-state index contributed by atoms with van der Waals surface area (Å²) in [5.41, 5.74) is 1.35. The van der Waals surface area contributed by atoms with Crippen molar-refractivity contribution in [3.8, 4) is 5.75 Å². The average Bonchev–Trinajstić information content (AvgIpc) is 3.13. The third-order valence-electron chi connectivity index (χ3n) is 4.59. The Hall–Kier alpha value is -3.03. The van der Waals surface area contributed by atoms with E-state index in [1.165, 1.54) is 0 Å². The molecule has 2 aromatic rings. The Morgan fingerprint density at radius 2 is 2.12 bits per heavy atom. The van der Waals surface area contributed by atoms with Crippen LogP contribution >= 0.6 is 0 Å². The van der Waals surface area contributed by atoms with Crippen molar-refractivity contribution in [3.05, 3.63) is 30.0 Å². The number of imide groups is 1. The van der Waals surface area contributed by atoms with E-state index in [0.717, 1.165) is 21.6 Å². The van der Waals surface area contributed by atoms with Crippen LogP contribution < -0.4 is 4.74 Å². The molecule has 8 nitrogen and oxygen atoms in total. The summed E-state index contributed by atoms with van der Waals surface area (Å²) < 4.78 is 9.87. The lowest BCUT2D eigenvalue weighted by Crippen LogP contribution is -2.54. The first kappa shape index (κ1) is 15.5. The molecular weight excluding hydrogens is 326 g/mol. The Balaban J connectivity index is 1.40. The first-order valence-electron chi connectivity index (χ1n) is 7.98. The first-order valence-corrected chi connectivity index (χ1v) is 7.98. The fourth-order valence-electron chi connectivity index (χ4n) is 3.19. The lowest BCUT2D eigenvalue weighted by atomic mass is 9.99. The zero-order chi connectivity index (χ0) is 17.6. The van der Waals surface area contributed by atoms with Crippen molar-refractivity contribution in [1.29, 1.82) is 0 Å². The molecule has 1 N–H and O–H groups in total. The normalized spacial score (nSPS) is 17.8. The van der Waals surface area contributed by atoms with Gasteiger partial charge in [-0.2, -0.15) is 0 Å². The third-order valence-corrected chi connectivity index (χ3v) is 4.59. The quantitative estimate of drug-likeness (QED) is 0.901. The van der Waals surface area contributed by atoms with E-state index in [-0.39, 0.29) is 24.3 Å². The molecule has 0 radical (unpaired) electrons. The highest BCUT2D eigenvalue weighted by atomic mass is 16.6. The van der Waals surface area contributed by atoms with Gasteiger partial charge >= 0.3 is 6.09 Å². The molecule has 4 rings (SSSR count). The molecule has 2 aliphatic rings. The van der Waals surface area contributed by atoms with Gasteiger partial charge in [0.15, 0.2) is 6.61 Å². The van der Waals surface area contributed by atoms with Crippen molar-refractivity contribution in [2.45, 2.75) is 0 Å². The van der Waals surface area contributed by atoms with E-state index >= 15 is 0 Å². The largest absolute Gasteiger partial charge is 0.497 e. The number of benzene rings is 1. The number of hydrogen-bond acceptors (Lipinski definition) is 5. The number of amides is 3. The van der Waals surface area contributed by atoms with Crippen molar-refractivity contribution < 1.29 is 23.9 Å². The number of H-pyrrole nitrogens is 1. The number of carbonyl (C=O) groups is 3. The zero-order valence-electron chi connectivity index (χ0n) is 13.7. The van der Waals surface area contributed by atoms with Gasteiger partial charge in [0.2, 0.25) is 0 Å². The predicted molar refractivity (Wildman–Crippen MR) is 87.3 cm³/mol. The van der Waals surface area contributed by atoms with Gasteiger partial charge in [-0.05, 0) is 18.2 Å². The van der Waals surface area contributed by atoms with Crippen LogP contribution in [0.1, 0.15) is 10.5 Å². The van der Waals surface area contributed by atoms with E-state index in [4.69, 9.17) is 4.74 Å². The van der Waals surface area contributed by atoms with Gasteiger partial charge in [0, 0.05) is 42.5 Å². The number of nitrogens with one attached hydrogen (secondary N) is 1. The number of likely N-dealkylation sites (tertiary alicyclic amines) is 1. The molecular formula is C17H17N3O5. The highest BCUT2D eigenvalue weighted by molar-refractivity contribution is 5.99. The smallest absolute Gasteiger partial charge is 0.417 e. The Bertz CT molecular complexity index is 852. The van der Waals surface area contributed by atoms with E-state index in [9.17, 15) is 14.4 Å². The lowest BCUT2D eigenvalue weighted by molar-refractivity contribution is -0.126. The van der Waals surface area contributed by atoms with E-state index < -0.39 is 6.09 Å². The molecule has 25 heavy (non-hydrogen) atoms. The van der Waals surface area contributed by atoms with Gasteiger partial charge in [-0.25, -0.2) is 9.69 Å². The molecule has 2 aliphatic heterocycles. The molecule has 0 unspecified atom stereocenters. The predicted octanol–water partition coefficient (Wildman–Crippen LogP) is 1.23. The molecule has 1 aromatic heterocycles. The zero-order valence-corrected chi connectivity index (χ0v) is 13.7. The average molecular weight is 343 g/mol. The van der Waals surface area contributed by atoms with Crippen LogP contribution in [-0.4, -0.2) is 66.0 Å². The summed E-state index contributed by atoms with van der Waals surface area (Å²) in [6, 6.07) is 7.39. The molecule has 0 bridgehead atoms. The van der Waals surface area contributed by atoms with E-state index in [1.54, 1.807) is 12.0 Å². The molecule has 0 spiro atoms. The number of ether oxygens (including phenoxy) is 2. The van der Waals surface area contributed by atoms with E-state index in [1.807, 2.05) is 24.3 Å². The number of nitrogens with zero attached hydrogens (tertiary/aromatic N) is 2. The Morgan fingerprint density at radius 1 is 1.32 bits per heavy atom. The summed E-state index contributed by atoms with van der Waals surface area (Å²) in [7, 11) is 1.59. The van der Waals surface area contributed by atoms with Gasteiger partial charge in [-0.3, -0.25) is 9.59 Å². The molecule has 130 valence electrons. The van der Waals surface area contributed by atoms with Crippen molar-refractivity contribution in [2.24, 2.45) is 5.92 Å². The van der Waals surface area contributed by atoms with Gasteiger partial charge < -0.3 is 19.4 Å². The third kappa shape index (κ3) is 2.69. The van der Waals surface area contributed by atoms with Crippen LogP contribution in [0.15, 0.2) is 24.3 Å². The highest BCUT2D eigenvalue weighted by Gasteiger charge is 2.38. The minimum atomic E-state index is -0.598. The van der Waals surface area contributed by atoms with E-state index in [0.29, 0.717) is 25.3 Å². The topological polar surface area (TPSA) is 91.9 Å². The number of fused-ring (bicyclic) bond motifs is 1. The number of aromatic amines is 1. The van der Waals surface area contributed by atoms with Gasteiger partial charge in [-0.15, -0.1) is 0 Å². The highest BCUT2D eigenvalue weighted by Crippen LogP contribution is 2.25. The van der Waals surface area contributed by atoms with Crippen LogP contribution in [0.25, 0.3) is 10.9 Å².